The van der Waals surface area contributed by atoms with Crippen LogP contribution in [-0.4, -0.2) is 27.6 Å². The van der Waals surface area contributed by atoms with E-state index in [0.29, 0.717) is 5.65 Å². The van der Waals surface area contributed by atoms with Gasteiger partial charge in [-0.1, -0.05) is 18.2 Å². The van der Waals surface area contributed by atoms with Crippen LogP contribution in [0.2, 0.25) is 0 Å². The second-order valence-corrected chi connectivity index (χ2v) is 5.01. The summed E-state index contributed by atoms with van der Waals surface area (Å²) in [6, 6.07) is 8.26. The Morgan fingerprint density at radius 2 is 2.16 bits per heavy atom. The number of fused-ring (bicyclic) bond motifs is 3. The van der Waals surface area contributed by atoms with Crippen LogP contribution in [0.4, 0.5) is 0 Å². The minimum atomic E-state index is -0.173. The summed E-state index contributed by atoms with van der Waals surface area (Å²) >= 11 is 0. The standard InChI is InChI=1S/C14H14N4O/c19-14-17-13-11(8-18(14)9-5-6-15-7-9)10-3-1-2-4-12(10)16-13/h1-4,8-9,15H,5-7H2,(H,16,17,19). The van der Waals surface area contributed by atoms with Crippen LogP contribution in [0.1, 0.15) is 12.5 Å². The molecule has 0 bridgehead atoms. The number of H-pyrrole nitrogens is 1. The fourth-order valence-electron chi connectivity index (χ4n) is 2.85. The first-order chi connectivity index (χ1) is 9.33. The van der Waals surface area contributed by atoms with Crippen molar-refractivity contribution < 1.29 is 0 Å². The van der Waals surface area contributed by atoms with Crippen molar-refractivity contribution in [2.45, 2.75) is 12.5 Å². The van der Waals surface area contributed by atoms with Crippen molar-refractivity contribution >= 4 is 21.9 Å². The van der Waals surface area contributed by atoms with Crippen molar-refractivity contribution in [3.63, 3.8) is 0 Å². The molecule has 0 aliphatic carbocycles. The lowest BCUT2D eigenvalue weighted by Crippen LogP contribution is -2.27. The Kier molecular flexibility index (Phi) is 2.22. The summed E-state index contributed by atoms with van der Waals surface area (Å²) in [4.78, 5) is 19.5. The van der Waals surface area contributed by atoms with Gasteiger partial charge in [0.1, 0.15) is 5.65 Å². The lowest BCUT2D eigenvalue weighted by molar-refractivity contribution is 0.522. The minimum absolute atomic E-state index is 0.173. The summed E-state index contributed by atoms with van der Waals surface area (Å²) in [6.45, 7) is 1.80. The van der Waals surface area contributed by atoms with Gasteiger partial charge in [0.15, 0.2) is 0 Å². The van der Waals surface area contributed by atoms with Crippen LogP contribution in [0.3, 0.4) is 0 Å². The Morgan fingerprint density at radius 3 is 3.00 bits per heavy atom. The summed E-state index contributed by atoms with van der Waals surface area (Å²) < 4.78 is 1.77. The van der Waals surface area contributed by atoms with Gasteiger partial charge in [0, 0.05) is 29.0 Å². The summed E-state index contributed by atoms with van der Waals surface area (Å²) in [7, 11) is 0. The second-order valence-electron chi connectivity index (χ2n) is 5.01. The van der Waals surface area contributed by atoms with E-state index in [2.05, 4.69) is 21.4 Å². The molecule has 1 aliphatic rings. The number of nitrogens with one attached hydrogen (secondary N) is 2. The van der Waals surface area contributed by atoms with Crippen LogP contribution in [-0.2, 0) is 0 Å². The number of hydrogen-bond acceptors (Lipinski definition) is 3. The van der Waals surface area contributed by atoms with Crippen molar-refractivity contribution in [2.24, 2.45) is 0 Å². The number of aromatic amines is 1. The van der Waals surface area contributed by atoms with Crippen molar-refractivity contribution in [2.75, 3.05) is 13.1 Å². The van der Waals surface area contributed by atoms with Crippen LogP contribution >= 0.6 is 0 Å². The molecule has 2 N–H and O–H groups in total. The van der Waals surface area contributed by atoms with Crippen LogP contribution in [0.15, 0.2) is 35.3 Å². The quantitative estimate of drug-likeness (QED) is 0.690. The third-order valence-corrected chi connectivity index (χ3v) is 3.85. The molecular weight excluding hydrogens is 240 g/mol. The van der Waals surface area contributed by atoms with Gasteiger partial charge >= 0.3 is 5.69 Å². The van der Waals surface area contributed by atoms with E-state index in [1.807, 2.05) is 24.4 Å². The van der Waals surface area contributed by atoms with E-state index in [4.69, 9.17) is 0 Å². The van der Waals surface area contributed by atoms with E-state index < -0.39 is 0 Å². The third-order valence-electron chi connectivity index (χ3n) is 3.85. The zero-order valence-electron chi connectivity index (χ0n) is 10.4. The molecule has 1 atom stereocenters. The molecule has 1 saturated heterocycles. The van der Waals surface area contributed by atoms with E-state index in [-0.39, 0.29) is 11.7 Å². The van der Waals surface area contributed by atoms with Gasteiger partial charge in [-0.2, -0.15) is 4.98 Å². The molecule has 3 heterocycles. The maximum Gasteiger partial charge on any atom is 0.349 e. The van der Waals surface area contributed by atoms with Crippen molar-refractivity contribution in [1.29, 1.82) is 0 Å². The highest BCUT2D eigenvalue weighted by Gasteiger charge is 2.19. The first kappa shape index (κ1) is 10.8. The Morgan fingerprint density at radius 1 is 1.26 bits per heavy atom. The van der Waals surface area contributed by atoms with Crippen LogP contribution in [0, 0.1) is 0 Å². The molecule has 1 aliphatic heterocycles. The van der Waals surface area contributed by atoms with Crippen LogP contribution in [0.25, 0.3) is 21.9 Å². The Labute approximate surface area is 109 Å². The number of hydrogen-bond donors (Lipinski definition) is 2. The summed E-state index contributed by atoms with van der Waals surface area (Å²) in [6.07, 6.45) is 2.93. The van der Waals surface area contributed by atoms with E-state index >= 15 is 0 Å². The number of aromatic nitrogens is 3. The maximum absolute atomic E-state index is 12.1. The largest absolute Gasteiger partial charge is 0.349 e. The van der Waals surface area contributed by atoms with E-state index in [9.17, 15) is 4.79 Å². The number of benzene rings is 1. The molecule has 2 aromatic heterocycles. The van der Waals surface area contributed by atoms with Crippen LogP contribution < -0.4 is 11.0 Å². The van der Waals surface area contributed by atoms with E-state index in [1.165, 1.54) is 0 Å². The predicted octanol–water partition coefficient (Wildman–Crippen LogP) is 1.41. The zero-order valence-corrected chi connectivity index (χ0v) is 10.4. The maximum atomic E-state index is 12.1. The molecule has 4 rings (SSSR count). The third kappa shape index (κ3) is 1.58. The van der Waals surface area contributed by atoms with Crippen molar-refractivity contribution in [1.82, 2.24) is 19.9 Å². The second kappa shape index (κ2) is 3.93. The Balaban J connectivity index is 2.02. The fourth-order valence-corrected chi connectivity index (χ4v) is 2.85. The van der Waals surface area contributed by atoms with E-state index in [1.54, 1.807) is 4.57 Å². The van der Waals surface area contributed by atoms with Crippen molar-refractivity contribution in [3.8, 4) is 0 Å². The SMILES string of the molecule is O=c1nc2[nH]c3ccccc3c2cn1C1CCNC1. The molecule has 3 aromatic rings. The average Bonchev–Trinajstić information content (AvgIpc) is 3.04. The molecule has 5 heteroatoms. The molecule has 96 valence electrons. The summed E-state index contributed by atoms with van der Waals surface area (Å²) in [5, 5.41) is 5.41. The van der Waals surface area contributed by atoms with Gasteiger partial charge in [0.05, 0.1) is 6.04 Å². The van der Waals surface area contributed by atoms with Gasteiger partial charge in [-0.3, -0.25) is 4.57 Å². The number of nitrogens with zero attached hydrogens (tertiary/aromatic N) is 2. The highest BCUT2D eigenvalue weighted by atomic mass is 16.1. The van der Waals surface area contributed by atoms with Crippen molar-refractivity contribution in [3.05, 3.63) is 40.9 Å². The molecule has 19 heavy (non-hydrogen) atoms. The molecule has 0 spiro atoms. The van der Waals surface area contributed by atoms with Gasteiger partial charge < -0.3 is 10.3 Å². The molecule has 1 aromatic carbocycles. The summed E-state index contributed by atoms with van der Waals surface area (Å²) in [5.74, 6) is 0. The molecule has 0 saturated carbocycles. The van der Waals surface area contributed by atoms with Crippen LogP contribution in [0.5, 0.6) is 0 Å². The average molecular weight is 254 g/mol. The smallest absolute Gasteiger partial charge is 0.339 e. The molecule has 1 unspecified atom stereocenters. The lowest BCUT2D eigenvalue weighted by Gasteiger charge is -2.11. The topological polar surface area (TPSA) is 62.7 Å². The monoisotopic (exact) mass is 254 g/mol. The van der Waals surface area contributed by atoms with Gasteiger partial charge in [0.2, 0.25) is 0 Å². The lowest BCUT2D eigenvalue weighted by atomic mass is 10.2. The number of rotatable bonds is 1. The van der Waals surface area contributed by atoms with E-state index in [0.717, 1.165) is 35.8 Å². The first-order valence-corrected chi connectivity index (χ1v) is 6.53. The Bertz CT molecular complexity index is 811. The highest BCUT2D eigenvalue weighted by molar-refractivity contribution is 6.05. The normalized spacial score (nSPS) is 19.5. The van der Waals surface area contributed by atoms with Gasteiger partial charge in [-0.15, -0.1) is 0 Å². The van der Waals surface area contributed by atoms with Gasteiger partial charge in [0.25, 0.3) is 0 Å². The van der Waals surface area contributed by atoms with Gasteiger partial charge in [-0.05, 0) is 19.0 Å². The Hall–Kier alpha value is -2.14. The molecular formula is C14H14N4O. The molecule has 0 amide bonds. The molecule has 0 radical (unpaired) electrons. The summed E-state index contributed by atoms with van der Waals surface area (Å²) in [5.41, 5.74) is 1.52. The minimum Gasteiger partial charge on any atom is -0.339 e. The first-order valence-electron chi connectivity index (χ1n) is 6.53. The molecule has 5 nitrogen and oxygen atoms in total. The zero-order chi connectivity index (χ0) is 12.8. The molecule has 1 fully saturated rings. The highest BCUT2D eigenvalue weighted by Crippen LogP contribution is 2.23. The predicted molar refractivity (Wildman–Crippen MR) is 74.4 cm³/mol. The fraction of sp³-hybridized carbons (Fsp3) is 0.286. The van der Waals surface area contributed by atoms with Gasteiger partial charge in [-0.25, -0.2) is 4.79 Å². The number of para-hydroxylation sites is 1.